The summed E-state index contributed by atoms with van der Waals surface area (Å²) in [7, 11) is 0. The largest absolute Gasteiger partial charge is 0.393 e. The first-order chi connectivity index (χ1) is 8.58. The monoisotopic (exact) mass is 325 g/mol. The van der Waals surface area contributed by atoms with E-state index in [2.05, 4.69) is 20.9 Å². The highest BCUT2D eigenvalue weighted by Crippen LogP contribution is 2.37. The lowest BCUT2D eigenvalue weighted by molar-refractivity contribution is -0.386. The summed E-state index contributed by atoms with van der Waals surface area (Å²) in [5.74, 6) is 0. The van der Waals surface area contributed by atoms with Gasteiger partial charge in [-0.3, -0.25) is 10.1 Å². The molecule has 18 heavy (non-hydrogen) atoms. The molecule has 0 fully saturated rings. The molecule has 1 aromatic heterocycles. The van der Waals surface area contributed by atoms with Crippen LogP contribution in [0, 0.1) is 10.1 Å². The average Bonchev–Trinajstić information content (AvgIpc) is 2.32. The van der Waals surface area contributed by atoms with Gasteiger partial charge >= 0.3 is 5.69 Å². The Balaban J connectivity index is 2.37. The van der Waals surface area contributed by atoms with Crippen LogP contribution in [0.1, 0.15) is 0 Å². The van der Waals surface area contributed by atoms with Gasteiger partial charge in [-0.05, 0) is 40.2 Å². The number of nitro benzene ring substituents is 1. The van der Waals surface area contributed by atoms with Crippen molar-refractivity contribution in [3.63, 3.8) is 0 Å². The van der Waals surface area contributed by atoms with Crippen molar-refractivity contribution in [2.45, 2.75) is 9.92 Å². The number of halogens is 1. The summed E-state index contributed by atoms with van der Waals surface area (Å²) < 4.78 is 0.855. The summed E-state index contributed by atoms with van der Waals surface area (Å²) >= 11 is 4.49. The zero-order valence-electron chi connectivity index (χ0n) is 9.04. The van der Waals surface area contributed by atoms with Crippen LogP contribution in [0.25, 0.3) is 0 Å². The van der Waals surface area contributed by atoms with Gasteiger partial charge in [0.2, 0.25) is 0 Å². The van der Waals surface area contributed by atoms with Gasteiger partial charge in [-0.25, -0.2) is 4.98 Å². The fourth-order valence-corrected chi connectivity index (χ4v) is 2.49. The number of hydrogen-bond acceptors (Lipinski definition) is 5. The van der Waals surface area contributed by atoms with Crippen LogP contribution in [0.5, 0.6) is 0 Å². The van der Waals surface area contributed by atoms with E-state index in [-0.39, 0.29) is 11.4 Å². The number of nitrogens with two attached hydrogens (primary N) is 1. The molecular formula is C11H8BrN3O2S. The lowest BCUT2D eigenvalue weighted by Crippen LogP contribution is -1.97. The average molecular weight is 326 g/mol. The van der Waals surface area contributed by atoms with E-state index in [4.69, 9.17) is 5.73 Å². The Morgan fingerprint density at radius 2 is 2.11 bits per heavy atom. The Labute approximate surface area is 116 Å². The van der Waals surface area contributed by atoms with Crippen LogP contribution in [0.3, 0.4) is 0 Å². The quantitative estimate of drug-likeness (QED) is 0.530. The molecule has 0 bridgehead atoms. The maximum Gasteiger partial charge on any atom is 0.305 e. The van der Waals surface area contributed by atoms with E-state index in [0.29, 0.717) is 9.92 Å². The normalized spacial score (nSPS) is 10.3. The van der Waals surface area contributed by atoms with Crippen LogP contribution in [0.4, 0.5) is 11.4 Å². The maximum atomic E-state index is 11.0. The molecule has 0 unspecified atom stereocenters. The molecule has 2 rings (SSSR count). The summed E-state index contributed by atoms with van der Waals surface area (Å²) in [4.78, 5) is 15.1. The molecule has 0 aliphatic rings. The number of pyridine rings is 1. The van der Waals surface area contributed by atoms with Crippen LogP contribution in [0.15, 0.2) is 50.9 Å². The predicted molar refractivity (Wildman–Crippen MR) is 73.6 cm³/mol. The van der Waals surface area contributed by atoms with Crippen molar-refractivity contribution in [3.8, 4) is 0 Å². The summed E-state index contributed by atoms with van der Waals surface area (Å²) in [5.41, 5.74) is 5.70. The zero-order chi connectivity index (χ0) is 13.1. The highest BCUT2D eigenvalue weighted by atomic mass is 79.9. The van der Waals surface area contributed by atoms with Crippen molar-refractivity contribution < 1.29 is 4.92 Å². The van der Waals surface area contributed by atoms with Crippen LogP contribution < -0.4 is 5.73 Å². The van der Waals surface area contributed by atoms with Crippen molar-refractivity contribution in [1.82, 2.24) is 4.98 Å². The van der Waals surface area contributed by atoms with E-state index < -0.39 is 4.92 Å². The van der Waals surface area contributed by atoms with Crippen molar-refractivity contribution in [1.29, 1.82) is 0 Å². The number of para-hydroxylation sites is 1. The molecule has 1 aromatic carbocycles. The number of rotatable bonds is 3. The van der Waals surface area contributed by atoms with Crippen molar-refractivity contribution in [3.05, 3.63) is 51.1 Å². The van der Waals surface area contributed by atoms with Crippen molar-refractivity contribution >= 4 is 39.1 Å². The van der Waals surface area contributed by atoms with E-state index in [1.807, 2.05) is 6.07 Å². The van der Waals surface area contributed by atoms with Gasteiger partial charge in [0.1, 0.15) is 10.7 Å². The fraction of sp³-hybridized carbons (Fsp3) is 0. The standard InChI is InChI=1S/C11H8BrN3O2S/c12-7-4-5-10(14-6-7)18-9-3-1-2-8(13)11(9)15(16)17/h1-6H,13H2. The zero-order valence-corrected chi connectivity index (χ0v) is 11.4. The topological polar surface area (TPSA) is 82.0 Å². The van der Waals surface area contributed by atoms with E-state index in [1.165, 1.54) is 17.8 Å². The van der Waals surface area contributed by atoms with Crippen LogP contribution >= 0.6 is 27.7 Å². The second kappa shape index (κ2) is 5.36. The molecule has 0 saturated carbocycles. The minimum absolute atomic E-state index is 0.0766. The SMILES string of the molecule is Nc1cccc(Sc2ccc(Br)cn2)c1[N+](=O)[O-]. The van der Waals surface area contributed by atoms with Gasteiger partial charge in [0.05, 0.1) is 9.82 Å². The third kappa shape index (κ3) is 2.80. The predicted octanol–water partition coefficient (Wildman–Crippen LogP) is 3.49. The summed E-state index contributed by atoms with van der Waals surface area (Å²) in [5, 5.41) is 11.6. The summed E-state index contributed by atoms with van der Waals surface area (Å²) in [6.45, 7) is 0. The van der Waals surface area contributed by atoms with Gasteiger partial charge in [-0.2, -0.15) is 0 Å². The first kappa shape index (κ1) is 12.8. The van der Waals surface area contributed by atoms with Crippen LogP contribution in [-0.4, -0.2) is 9.91 Å². The number of anilines is 1. The van der Waals surface area contributed by atoms with Gasteiger partial charge in [0, 0.05) is 10.7 Å². The third-order valence-electron chi connectivity index (χ3n) is 2.13. The van der Waals surface area contributed by atoms with Gasteiger partial charge < -0.3 is 5.73 Å². The van der Waals surface area contributed by atoms with E-state index in [1.54, 1.807) is 24.4 Å². The molecule has 0 spiro atoms. The minimum Gasteiger partial charge on any atom is -0.393 e. The Bertz CT molecular complexity index is 589. The summed E-state index contributed by atoms with van der Waals surface area (Å²) in [6, 6.07) is 8.46. The van der Waals surface area contributed by atoms with E-state index in [0.717, 1.165) is 4.47 Å². The molecule has 0 aliphatic heterocycles. The van der Waals surface area contributed by atoms with Crippen LogP contribution in [-0.2, 0) is 0 Å². The van der Waals surface area contributed by atoms with Gasteiger partial charge in [-0.1, -0.05) is 17.8 Å². The molecule has 0 aliphatic carbocycles. The molecule has 1 heterocycles. The van der Waals surface area contributed by atoms with Gasteiger partial charge in [-0.15, -0.1) is 0 Å². The molecule has 0 radical (unpaired) electrons. The van der Waals surface area contributed by atoms with Gasteiger partial charge in [0.25, 0.3) is 0 Å². The molecular weight excluding hydrogens is 318 g/mol. The molecule has 0 atom stereocenters. The van der Waals surface area contributed by atoms with Crippen molar-refractivity contribution in [2.24, 2.45) is 0 Å². The van der Waals surface area contributed by atoms with Gasteiger partial charge in [0.15, 0.2) is 0 Å². The second-order valence-electron chi connectivity index (χ2n) is 3.37. The van der Waals surface area contributed by atoms with Crippen molar-refractivity contribution in [2.75, 3.05) is 5.73 Å². The number of nitrogen functional groups attached to an aromatic ring is 1. The lowest BCUT2D eigenvalue weighted by Gasteiger charge is -2.04. The molecule has 0 saturated heterocycles. The molecule has 2 N–H and O–H groups in total. The highest BCUT2D eigenvalue weighted by molar-refractivity contribution is 9.10. The van der Waals surface area contributed by atoms with E-state index >= 15 is 0 Å². The highest BCUT2D eigenvalue weighted by Gasteiger charge is 2.18. The van der Waals surface area contributed by atoms with E-state index in [9.17, 15) is 10.1 Å². The molecule has 92 valence electrons. The molecule has 5 nitrogen and oxygen atoms in total. The van der Waals surface area contributed by atoms with Crippen LogP contribution in [0.2, 0.25) is 0 Å². The Kier molecular flexibility index (Phi) is 3.83. The maximum absolute atomic E-state index is 11.0. The Hall–Kier alpha value is -1.60. The number of nitro groups is 1. The Morgan fingerprint density at radius 1 is 1.33 bits per heavy atom. The first-order valence-corrected chi connectivity index (χ1v) is 6.51. The Morgan fingerprint density at radius 3 is 2.72 bits per heavy atom. The molecule has 0 amide bonds. The molecule has 2 aromatic rings. The summed E-state index contributed by atoms with van der Waals surface area (Å²) in [6.07, 6.45) is 1.64. The second-order valence-corrected chi connectivity index (χ2v) is 5.35. The minimum atomic E-state index is -0.476. The molecule has 7 heteroatoms. The third-order valence-corrected chi connectivity index (χ3v) is 3.60. The fourth-order valence-electron chi connectivity index (χ4n) is 1.35. The smallest absolute Gasteiger partial charge is 0.305 e. The lowest BCUT2D eigenvalue weighted by atomic mass is 10.3. The number of hydrogen-bond donors (Lipinski definition) is 1. The number of nitrogens with zero attached hydrogens (tertiary/aromatic N) is 2. The first-order valence-electron chi connectivity index (χ1n) is 4.90. The number of benzene rings is 1. The number of aromatic nitrogens is 1.